The Morgan fingerprint density at radius 3 is 2.53 bits per heavy atom. The molecule has 0 aromatic heterocycles. The molecule has 0 bridgehead atoms. The van der Waals surface area contributed by atoms with Gasteiger partial charge in [0.15, 0.2) is 0 Å². The lowest BCUT2D eigenvalue weighted by atomic mass is 9.78. The van der Waals surface area contributed by atoms with Gasteiger partial charge in [-0.15, -0.1) is 0 Å². The summed E-state index contributed by atoms with van der Waals surface area (Å²) in [4.78, 5) is 4.18. The number of likely N-dealkylation sites (N-methyl/N-ethyl adjacent to an activating group) is 1. The molecular formula is C24H31F2N3O4S. The van der Waals surface area contributed by atoms with Crippen molar-refractivity contribution in [1.82, 2.24) is 14.5 Å². The third kappa shape index (κ3) is 5.58. The number of fused-ring (bicyclic) bond motifs is 1. The van der Waals surface area contributed by atoms with Crippen LogP contribution in [0.1, 0.15) is 12.8 Å². The van der Waals surface area contributed by atoms with Crippen molar-refractivity contribution < 1.29 is 27.0 Å². The zero-order valence-electron chi connectivity index (χ0n) is 19.4. The Hall–Kier alpha value is -2.11. The molecule has 10 heteroatoms. The third-order valence-electron chi connectivity index (χ3n) is 6.69. The average Bonchev–Trinajstić information content (AvgIpc) is 2.77. The van der Waals surface area contributed by atoms with Crippen molar-refractivity contribution in [3.8, 4) is 16.9 Å². The fourth-order valence-corrected chi connectivity index (χ4v) is 5.95. The van der Waals surface area contributed by atoms with E-state index in [9.17, 15) is 22.3 Å². The highest BCUT2D eigenvalue weighted by Crippen LogP contribution is 2.36. The number of nitrogens with one attached hydrogen (secondary N) is 1. The normalized spacial score (nSPS) is 24.0. The Morgan fingerprint density at radius 1 is 1.09 bits per heavy atom. The second-order valence-corrected chi connectivity index (χ2v) is 11.3. The fraction of sp³-hybridized carbons (Fsp3) is 0.500. The van der Waals surface area contributed by atoms with Gasteiger partial charge in [-0.2, -0.15) is 0 Å². The molecule has 0 aliphatic carbocycles. The minimum Gasteiger partial charge on any atom is -0.492 e. The van der Waals surface area contributed by atoms with Crippen molar-refractivity contribution in [2.24, 2.45) is 5.41 Å². The molecule has 2 heterocycles. The summed E-state index contributed by atoms with van der Waals surface area (Å²) in [5.74, 6) is -1.34. The Balaban J connectivity index is 1.75. The van der Waals surface area contributed by atoms with Gasteiger partial charge >= 0.3 is 0 Å². The molecule has 1 spiro atoms. The molecule has 1 atom stereocenters. The van der Waals surface area contributed by atoms with Crippen molar-refractivity contribution in [2.75, 3.05) is 53.4 Å². The van der Waals surface area contributed by atoms with Gasteiger partial charge in [-0.3, -0.25) is 0 Å². The van der Waals surface area contributed by atoms with Crippen LogP contribution >= 0.6 is 0 Å². The molecule has 1 unspecified atom stereocenters. The van der Waals surface area contributed by atoms with Crippen LogP contribution in [0.15, 0.2) is 41.3 Å². The van der Waals surface area contributed by atoms with Gasteiger partial charge < -0.3 is 19.6 Å². The monoisotopic (exact) mass is 495 g/mol. The summed E-state index contributed by atoms with van der Waals surface area (Å²) in [7, 11) is -0.0295. The second kappa shape index (κ2) is 9.87. The molecule has 1 saturated heterocycles. The number of rotatable bonds is 1. The zero-order valence-corrected chi connectivity index (χ0v) is 20.2. The second-order valence-electron chi connectivity index (χ2n) is 9.58. The highest BCUT2D eigenvalue weighted by atomic mass is 32.2. The van der Waals surface area contributed by atoms with Gasteiger partial charge in [-0.05, 0) is 69.9 Å². The largest absolute Gasteiger partial charge is 0.492 e. The molecule has 1 fully saturated rings. The van der Waals surface area contributed by atoms with Gasteiger partial charge in [0.2, 0.25) is 10.0 Å². The van der Waals surface area contributed by atoms with E-state index < -0.39 is 27.8 Å². The maximum Gasteiger partial charge on any atom is 0.244 e. The highest BCUT2D eigenvalue weighted by molar-refractivity contribution is 7.89. The number of halogens is 2. The van der Waals surface area contributed by atoms with E-state index in [1.54, 1.807) is 0 Å². The molecule has 2 aliphatic rings. The number of likely N-dealkylation sites (tertiary alicyclic amines) is 1. The molecular weight excluding hydrogens is 464 g/mol. The number of ether oxygens (including phenoxy) is 1. The SMILES string of the molecule is CN1CCC2(CC1)COc1cc(-c3ccc(F)cc3F)ccc1S(=O)(=O)NCC(O)CN(C)C2. The topological polar surface area (TPSA) is 82.1 Å². The average molecular weight is 496 g/mol. The summed E-state index contributed by atoms with van der Waals surface area (Å²) in [6, 6.07) is 7.58. The first-order valence-electron chi connectivity index (χ1n) is 11.3. The van der Waals surface area contributed by atoms with Crippen molar-refractivity contribution in [1.29, 1.82) is 0 Å². The number of hydrogen-bond donors (Lipinski definition) is 2. The van der Waals surface area contributed by atoms with E-state index in [2.05, 4.69) is 16.7 Å². The number of hydrogen-bond acceptors (Lipinski definition) is 6. The van der Waals surface area contributed by atoms with Gasteiger partial charge in [0.25, 0.3) is 0 Å². The van der Waals surface area contributed by atoms with Crippen molar-refractivity contribution in [2.45, 2.75) is 23.8 Å². The molecule has 2 aliphatic heterocycles. The number of aliphatic hydroxyl groups excluding tert-OH is 1. The van der Waals surface area contributed by atoms with Crippen LogP contribution in [0.4, 0.5) is 8.78 Å². The summed E-state index contributed by atoms with van der Waals surface area (Å²) in [6.45, 7) is 2.91. The quantitative estimate of drug-likeness (QED) is 0.632. The van der Waals surface area contributed by atoms with Crippen LogP contribution in [0.25, 0.3) is 11.1 Å². The standard InChI is InChI=1S/C24H31F2N3O4S/c1-28-9-7-24(8-10-28)15-29(2)14-19(30)13-27-34(31,32)23-6-3-17(11-22(23)33-16-24)20-5-4-18(25)12-21(20)26/h3-6,11-12,19,27,30H,7-10,13-16H2,1-2H3. The predicted molar refractivity (Wildman–Crippen MR) is 125 cm³/mol. The van der Waals surface area contributed by atoms with E-state index in [0.717, 1.165) is 38.1 Å². The Kier molecular flexibility index (Phi) is 7.25. The maximum atomic E-state index is 14.4. The van der Waals surface area contributed by atoms with E-state index in [-0.39, 0.29) is 34.8 Å². The third-order valence-corrected chi connectivity index (χ3v) is 8.16. The summed E-state index contributed by atoms with van der Waals surface area (Å²) >= 11 is 0. The van der Waals surface area contributed by atoms with Crippen LogP contribution in [-0.4, -0.2) is 82.9 Å². The molecule has 0 amide bonds. The number of aliphatic hydroxyl groups is 1. The number of β-amino-alcohol motifs (C(OH)–C–C–N with tert-alkyl or cyclic N) is 1. The van der Waals surface area contributed by atoms with E-state index in [1.165, 1.54) is 24.3 Å². The van der Waals surface area contributed by atoms with Gasteiger partial charge in [0, 0.05) is 36.7 Å². The molecule has 7 nitrogen and oxygen atoms in total. The minimum absolute atomic E-state index is 0.0806. The molecule has 2 N–H and O–H groups in total. The molecule has 2 aromatic carbocycles. The van der Waals surface area contributed by atoms with Crippen LogP contribution in [0.3, 0.4) is 0 Å². The first kappa shape index (κ1) is 25.0. The van der Waals surface area contributed by atoms with Gasteiger partial charge in [0.1, 0.15) is 22.3 Å². The summed E-state index contributed by atoms with van der Waals surface area (Å²) in [5, 5.41) is 10.4. The van der Waals surface area contributed by atoms with Crippen LogP contribution in [-0.2, 0) is 10.0 Å². The highest BCUT2D eigenvalue weighted by Gasteiger charge is 2.37. The van der Waals surface area contributed by atoms with Gasteiger partial charge in [-0.1, -0.05) is 6.07 Å². The first-order chi connectivity index (χ1) is 16.1. The summed E-state index contributed by atoms with van der Waals surface area (Å²) in [5.41, 5.74) is 0.299. The van der Waals surface area contributed by atoms with Crippen LogP contribution in [0.5, 0.6) is 5.75 Å². The minimum atomic E-state index is -4.00. The van der Waals surface area contributed by atoms with Gasteiger partial charge in [-0.25, -0.2) is 21.9 Å². The number of sulfonamides is 1. The lowest BCUT2D eigenvalue weighted by Gasteiger charge is -2.43. The predicted octanol–water partition coefficient (Wildman–Crippen LogP) is 2.31. The Morgan fingerprint density at radius 2 is 1.82 bits per heavy atom. The van der Waals surface area contributed by atoms with Gasteiger partial charge in [0.05, 0.1) is 12.7 Å². The molecule has 0 saturated carbocycles. The lowest BCUT2D eigenvalue weighted by Crippen LogP contribution is -2.50. The number of piperidine rings is 1. The molecule has 186 valence electrons. The maximum absolute atomic E-state index is 14.4. The van der Waals surface area contributed by atoms with E-state index in [1.807, 2.05) is 11.9 Å². The van der Waals surface area contributed by atoms with Crippen molar-refractivity contribution in [3.63, 3.8) is 0 Å². The van der Waals surface area contributed by atoms with E-state index in [4.69, 9.17) is 4.74 Å². The number of benzene rings is 2. The zero-order chi connectivity index (χ0) is 24.5. The molecule has 34 heavy (non-hydrogen) atoms. The van der Waals surface area contributed by atoms with E-state index in [0.29, 0.717) is 18.7 Å². The van der Waals surface area contributed by atoms with Crippen LogP contribution in [0.2, 0.25) is 0 Å². The molecule has 2 aromatic rings. The Bertz CT molecular complexity index is 1140. The van der Waals surface area contributed by atoms with Crippen molar-refractivity contribution >= 4 is 10.0 Å². The van der Waals surface area contributed by atoms with E-state index >= 15 is 0 Å². The number of nitrogens with zero attached hydrogens (tertiary/aromatic N) is 2. The summed E-state index contributed by atoms with van der Waals surface area (Å²) < 4.78 is 62.6. The Labute approximate surface area is 199 Å². The fourth-order valence-electron chi connectivity index (χ4n) is 4.75. The van der Waals surface area contributed by atoms with Crippen LogP contribution in [0, 0.1) is 17.0 Å². The van der Waals surface area contributed by atoms with Crippen molar-refractivity contribution in [3.05, 3.63) is 48.0 Å². The molecule has 4 rings (SSSR count). The van der Waals surface area contributed by atoms with Crippen LogP contribution < -0.4 is 9.46 Å². The smallest absolute Gasteiger partial charge is 0.244 e. The first-order valence-corrected chi connectivity index (χ1v) is 12.8. The summed E-state index contributed by atoms with van der Waals surface area (Å²) in [6.07, 6.45) is 0.840. The molecule has 0 radical (unpaired) electrons. The lowest BCUT2D eigenvalue weighted by molar-refractivity contribution is 0.0219.